The molecule has 0 amide bonds. The van der Waals surface area contributed by atoms with Crippen LogP contribution in [0.15, 0.2) is 46.9 Å². The highest BCUT2D eigenvalue weighted by Crippen LogP contribution is 2.33. The maximum Gasteiger partial charge on any atom is 0.273 e. The van der Waals surface area contributed by atoms with Gasteiger partial charge in [-0.1, -0.05) is 0 Å². The van der Waals surface area contributed by atoms with Crippen molar-refractivity contribution in [2.24, 2.45) is 0 Å². The molecule has 20 heavy (non-hydrogen) atoms. The Morgan fingerprint density at radius 1 is 1.20 bits per heavy atom. The summed E-state index contributed by atoms with van der Waals surface area (Å²) >= 11 is 3.27. The molecule has 0 N–H and O–H groups in total. The van der Waals surface area contributed by atoms with Gasteiger partial charge in [-0.25, -0.2) is 0 Å². The van der Waals surface area contributed by atoms with Gasteiger partial charge in [-0.15, -0.1) is 0 Å². The van der Waals surface area contributed by atoms with Gasteiger partial charge in [-0.2, -0.15) is 0 Å². The number of non-ortho nitro benzene ring substituents is 1. The van der Waals surface area contributed by atoms with Gasteiger partial charge in [0.1, 0.15) is 11.5 Å². The minimum absolute atomic E-state index is 0.0342. The van der Waals surface area contributed by atoms with E-state index in [1.165, 1.54) is 19.1 Å². The second-order valence-corrected chi connectivity index (χ2v) is 4.91. The number of nitro groups is 1. The molecule has 0 bridgehead atoms. The smallest absolute Gasteiger partial charge is 0.273 e. The van der Waals surface area contributed by atoms with Crippen LogP contribution in [0.2, 0.25) is 0 Å². The lowest BCUT2D eigenvalue weighted by atomic mass is 10.1. The second kappa shape index (κ2) is 5.83. The van der Waals surface area contributed by atoms with Crippen molar-refractivity contribution in [1.29, 1.82) is 0 Å². The Morgan fingerprint density at radius 3 is 2.40 bits per heavy atom. The van der Waals surface area contributed by atoms with Crippen molar-refractivity contribution >= 4 is 27.4 Å². The van der Waals surface area contributed by atoms with Crippen LogP contribution in [0.5, 0.6) is 11.5 Å². The molecule has 0 fully saturated rings. The Morgan fingerprint density at radius 2 is 1.85 bits per heavy atom. The predicted molar refractivity (Wildman–Crippen MR) is 77.3 cm³/mol. The van der Waals surface area contributed by atoms with E-state index in [4.69, 9.17) is 4.74 Å². The molecule has 0 aromatic heterocycles. The zero-order valence-electron chi connectivity index (χ0n) is 10.5. The second-order valence-electron chi connectivity index (χ2n) is 4.05. The summed E-state index contributed by atoms with van der Waals surface area (Å²) in [6, 6.07) is 10.8. The van der Waals surface area contributed by atoms with Gasteiger partial charge in [-0.05, 0) is 53.2 Å². The summed E-state index contributed by atoms with van der Waals surface area (Å²) in [6.45, 7) is 1.48. The molecule has 0 aliphatic heterocycles. The Labute approximate surface area is 123 Å². The van der Waals surface area contributed by atoms with E-state index in [2.05, 4.69) is 15.9 Å². The van der Waals surface area contributed by atoms with Gasteiger partial charge in [0, 0.05) is 11.6 Å². The van der Waals surface area contributed by atoms with E-state index < -0.39 is 4.92 Å². The number of hydrogen-bond acceptors (Lipinski definition) is 4. The number of ketones is 1. The molecule has 0 aliphatic carbocycles. The van der Waals surface area contributed by atoms with Crippen LogP contribution in [0.25, 0.3) is 0 Å². The summed E-state index contributed by atoms with van der Waals surface area (Å²) in [5.41, 5.74) is 0.527. The molecule has 0 aliphatic rings. The lowest BCUT2D eigenvalue weighted by Crippen LogP contribution is -1.93. The Hall–Kier alpha value is -2.21. The van der Waals surface area contributed by atoms with E-state index in [0.717, 1.165) is 0 Å². The standard InChI is InChI=1S/C14H10BrNO4/c1-9(17)10-2-5-12(6-3-10)20-14-8-11(16(18)19)4-7-13(14)15/h2-8H,1H3. The van der Waals surface area contributed by atoms with Crippen molar-refractivity contribution in [3.63, 3.8) is 0 Å². The third-order valence-electron chi connectivity index (χ3n) is 2.61. The molecule has 2 aromatic rings. The Kier molecular flexibility index (Phi) is 4.14. The first-order chi connectivity index (χ1) is 9.47. The molecule has 0 saturated carbocycles. The first-order valence-electron chi connectivity index (χ1n) is 5.70. The molecule has 0 saturated heterocycles. The molecule has 0 spiro atoms. The van der Waals surface area contributed by atoms with Gasteiger partial charge in [0.05, 0.1) is 15.5 Å². The normalized spacial score (nSPS) is 10.1. The van der Waals surface area contributed by atoms with Crippen LogP contribution in [0.3, 0.4) is 0 Å². The first kappa shape index (κ1) is 14.2. The van der Waals surface area contributed by atoms with Crippen molar-refractivity contribution in [1.82, 2.24) is 0 Å². The fourth-order valence-corrected chi connectivity index (χ4v) is 1.90. The molecule has 0 heterocycles. The molecule has 2 rings (SSSR count). The van der Waals surface area contributed by atoms with Gasteiger partial charge in [0.2, 0.25) is 0 Å². The van der Waals surface area contributed by atoms with Crippen LogP contribution >= 0.6 is 15.9 Å². The molecule has 6 heteroatoms. The van der Waals surface area contributed by atoms with Crippen molar-refractivity contribution in [2.45, 2.75) is 6.92 Å². The third kappa shape index (κ3) is 3.21. The number of nitro benzene ring substituents is 1. The summed E-state index contributed by atoms with van der Waals surface area (Å²) in [5.74, 6) is 0.805. The number of benzene rings is 2. The van der Waals surface area contributed by atoms with Gasteiger partial charge in [-0.3, -0.25) is 14.9 Å². The number of rotatable bonds is 4. The number of Topliss-reactive ketones (excluding diaryl/α,β-unsaturated/α-hetero) is 1. The lowest BCUT2D eigenvalue weighted by molar-refractivity contribution is -0.384. The van der Waals surface area contributed by atoms with Crippen molar-refractivity contribution < 1.29 is 14.5 Å². The van der Waals surface area contributed by atoms with Gasteiger partial charge in [0.25, 0.3) is 5.69 Å². The van der Waals surface area contributed by atoms with E-state index in [0.29, 0.717) is 21.5 Å². The fourth-order valence-electron chi connectivity index (χ4n) is 1.57. The Bertz CT molecular complexity index is 667. The quantitative estimate of drug-likeness (QED) is 0.473. The van der Waals surface area contributed by atoms with Gasteiger partial charge < -0.3 is 4.74 Å². The fraction of sp³-hybridized carbons (Fsp3) is 0.0714. The maximum absolute atomic E-state index is 11.2. The van der Waals surface area contributed by atoms with Gasteiger partial charge in [0.15, 0.2) is 5.78 Å². The highest BCUT2D eigenvalue weighted by atomic mass is 79.9. The van der Waals surface area contributed by atoms with Crippen LogP contribution in [0.4, 0.5) is 5.69 Å². The zero-order chi connectivity index (χ0) is 14.7. The summed E-state index contributed by atoms with van der Waals surface area (Å²) in [6.07, 6.45) is 0. The lowest BCUT2D eigenvalue weighted by Gasteiger charge is -2.08. The minimum Gasteiger partial charge on any atom is -0.456 e. The molecule has 0 atom stereocenters. The summed E-state index contributed by atoms with van der Waals surface area (Å²) < 4.78 is 6.18. The molecular weight excluding hydrogens is 326 g/mol. The van der Waals surface area contributed by atoms with Crippen molar-refractivity contribution in [3.05, 3.63) is 62.6 Å². The molecule has 2 aromatic carbocycles. The highest BCUT2D eigenvalue weighted by Gasteiger charge is 2.11. The SMILES string of the molecule is CC(=O)c1ccc(Oc2cc([N+](=O)[O-])ccc2Br)cc1. The van der Waals surface area contributed by atoms with E-state index >= 15 is 0 Å². The average Bonchev–Trinajstić information content (AvgIpc) is 2.41. The monoisotopic (exact) mass is 335 g/mol. The van der Waals surface area contributed by atoms with Crippen LogP contribution in [0, 0.1) is 10.1 Å². The highest BCUT2D eigenvalue weighted by molar-refractivity contribution is 9.10. The van der Waals surface area contributed by atoms with E-state index in [1.807, 2.05) is 0 Å². The maximum atomic E-state index is 11.2. The van der Waals surface area contributed by atoms with Crippen molar-refractivity contribution in [2.75, 3.05) is 0 Å². The van der Waals surface area contributed by atoms with E-state index in [1.54, 1.807) is 30.3 Å². The molecule has 102 valence electrons. The number of carbonyl (C=O) groups excluding carboxylic acids is 1. The van der Waals surface area contributed by atoms with Gasteiger partial charge >= 0.3 is 0 Å². The summed E-state index contributed by atoms with van der Waals surface area (Å²) in [4.78, 5) is 21.4. The number of carbonyl (C=O) groups is 1. The van der Waals surface area contributed by atoms with E-state index in [-0.39, 0.29) is 11.5 Å². The van der Waals surface area contributed by atoms with Crippen LogP contribution in [-0.4, -0.2) is 10.7 Å². The average molecular weight is 336 g/mol. The number of ether oxygens (including phenoxy) is 1. The third-order valence-corrected chi connectivity index (χ3v) is 3.27. The molecule has 0 unspecified atom stereocenters. The summed E-state index contributed by atoms with van der Waals surface area (Å²) in [5, 5.41) is 10.7. The first-order valence-corrected chi connectivity index (χ1v) is 6.49. The van der Waals surface area contributed by atoms with Crippen LogP contribution in [0.1, 0.15) is 17.3 Å². The minimum atomic E-state index is -0.488. The molecule has 0 radical (unpaired) electrons. The Balaban J connectivity index is 2.27. The summed E-state index contributed by atoms with van der Waals surface area (Å²) in [7, 11) is 0. The van der Waals surface area contributed by atoms with Crippen molar-refractivity contribution in [3.8, 4) is 11.5 Å². The number of halogens is 1. The number of hydrogen-bond donors (Lipinski definition) is 0. The zero-order valence-corrected chi connectivity index (χ0v) is 12.1. The van der Waals surface area contributed by atoms with Crippen LogP contribution in [-0.2, 0) is 0 Å². The largest absolute Gasteiger partial charge is 0.456 e. The van der Waals surface area contributed by atoms with E-state index in [9.17, 15) is 14.9 Å². The molecular formula is C14H10BrNO4. The molecule has 5 nitrogen and oxygen atoms in total. The topological polar surface area (TPSA) is 69.4 Å². The predicted octanol–water partition coefficient (Wildman–Crippen LogP) is 4.35. The van der Waals surface area contributed by atoms with Crippen LogP contribution < -0.4 is 4.74 Å². The number of nitrogens with zero attached hydrogens (tertiary/aromatic N) is 1.